The zero-order valence-electron chi connectivity index (χ0n) is 16.8. The molecule has 1 amide bonds. The van der Waals surface area contributed by atoms with Crippen molar-refractivity contribution in [2.24, 2.45) is 0 Å². The Bertz CT molecular complexity index is 879. The number of hydrogen-bond acceptors (Lipinski definition) is 5. The Balaban J connectivity index is 1.45. The minimum absolute atomic E-state index is 0.0766. The lowest BCUT2D eigenvalue weighted by Crippen LogP contribution is -2.39. The van der Waals surface area contributed by atoms with Crippen LogP contribution in [0.4, 0.5) is 0 Å². The van der Waals surface area contributed by atoms with E-state index in [4.69, 9.17) is 4.42 Å². The molecule has 1 aliphatic heterocycles. The molecule has 29 heavy (non-hydrogen) atoms. The predicted octanol–water partition coefficient (Wildman–Crippen LogP) is 2.75. The lowest BCUT2D eigenvalue weighted by atomic mass is 10.0. The quantitative estimate of drug-likeness (QED) is 0.610. The molecule has 3 rings (SSSR count). The molecule has 1 saturated heterocycles. The van der Waals surface area contributed by atoms with E-state index in [2.05, 4.69) is 21.9 Å². The summed E-state index contributed by atoms with van der Waals surface area (Å²) in [6.07, 6.45) is 6.20. The van der Waals surface area contributed by atoms with Crippen molar-refractivity contribution < 1.29 is 17.6 Å². The van der Waals surface area contributed by atoms with Gasteiger partial charge in [-0.15, -0.1) is 0 Å². The number of rotatable bonds is 9. The van der Waals surface area contributed by atoms with Crippen LogP contribution in [0.5, 0.6) is 0 Å². The molecule has 0 spiro atoms. The highest BCUT2D eigenvalue weighted by Gasteiger charge is 2.18. The number of sulfonamides is 1. The summed E-state index contributed by atoms with van der Waals surface area (Å²) in [5.41, 5.74) is 0.446. The number of carbonyl (C=O) groups is 1. The van der Waals surface area contributed by atoms with Crippen molar-refractivity contribution in [2.45, 2.75) is 50.1 Å². The van der Waals surface area contributed by atoms with Crippen molar-refractivity contribution in [1.82, 2.24) is 14.9 Å². The van der Waals surface area contributed by atoms with Crippen molar-refractivity contribution in [3.63, 3.8) is 0 Å². The number of nitrogens with zero attached hydrogens (tertiary/aromatic N) is 1. The first-order valence-corrected chi connectivity index (χ1v) is 11.6. The fourth-order valence-electron chi connectivity index (χ4n) is 3.52. The van der Waals surface area contributed by atoms with Gasteiger partial charge in [-0.25, -0.2) is 13.1 Å². The number of furan rings is 1. The molecule has 158 valence electrons. The molecule has 1 aliphatic rings. The van der Waals surface area contributed by atoms with Gasteiger partial charge >= 0.3 is 0 Å². The minimum Gasteiger partial charge on any atom is -0.468 e. The highest BCUT2D eigenvalue weighted by Crippen LogP contribution is 2.16. The van der Waals surface area contributed by atoms with Gasteiger partial charge < -0.3 is 14.6 Å². The molecule has 0 radical (unpaired) electrons. The second-order valence-electron chi connectivity index (χ2n) is 7.42. The molecule has 1 aromatic heterocycles. The number of amides is 1. The number of benzene rings is 1. The first kappa shape index (κ1) is 21.5. The maximum absolute atomic E-state index is 12.3. The Labute approximate surface area is 172 Å². The Morgan fingerprint density at radius 1 is 1.21 bits per heavy atom. The fourth-order valence-corrected chi connectivity index (χ4v) is 4.52. The van der Waals surface area contributed by atoms with Crippen molar-refractivity contribution in [1.29, 1.82) is 0 Å². The predicted molar refractivity (Wildman–Crippen MR) is 111 cm³/mol. The van der Waals surface area contributed by atoms with Gasteiger partial charge in [-0.05, 0) is 69.1 Å². The van der Waals surface area contributed by atoms with E-state index < -0.39 is 10.0 Å². The van der Waals surface area contributed by atoms with Crippen LogP contribution in [0.3, 0.4) is 0 Å². The number of likely N-dealkylation sites (tertiary alicyclic amines) is 1. The Morgan fingerprint density at radius 3 is 2.69 bits per heavy atom. The van der Waals surface area contributed by atoms with E-state index in [1.54, 1.807) is 12.1 Å². The Morgan fingerprint density at radius 2 is 2.00 bits per heavy atom. The van der Waals surface area contributed by atoms with Crippen molar-refractivity contribution in [3.05, 3.63) is 54.0 Å². The van der Waals surface area contributed by atoms with Gasteiger partial charge in [0.1, 0.15) is 5.76 Å². The maximum atomic E-state index is 12.3. The van der Waals surface area contributed by atoms with Crippen molar-refractivity contribution in [3.8, 4) is 0 Å². The summed E-state index contributed by atoms with van der Waals surface area (Å²) in [6.45, 7) is 5.07. The van der Waals surface area contributed by atoms with E-state index in [9.17, 15) is 13.2 Å². The summed E-state index contributed by atoms with van der Waals surface area (Å²) >= 11 is 0. The summed E-state index contributed by atoms with van der Waals surface area (Å²) in [6, 6.07) is 9.96. The number of hydrogen-bond donors (Lipinski definition) is 2. The van der Waals surface area contributed by atoms with Crippen LogP contribution in [0.15, 0.2) is 52.0 Å². The summed E-state index contributed by atoms with van der Waals surface area (Å²) < 4.78 is 32.3. The van der Waals surface area contributed by atoms with E-state index in [0.29, 0.717) is 23.9 Å². The van der Waals surface area contributed by atoms with Gasteiger partial charge in [0.25, 0.3) is 5.91 Å². The van der Waals surface area contributed by atoms with Gasteiger partial charge in [0.2, 0.25) is 10.0 Å². The Kier molecular flexibility index (Phi) is 7.46. The van der Waals surface area contributed by atoms with Crippen LogP contribution in [0.2, 0.25) is 0 Å². The number of carbonyl (C=O) groups excluding carboxylic acids is 1. The molecule has 7 nitrogen and oxygen atoms in total. The van der Waals surface area contributed by atoms with Crippen LogP contribution in [0.1, 0.15) is 48.7 Å². The third-order valence-corrected chi connectivity index (χ3v) is 6.71. The summed E-state index contributed by atoms with van der Waals surface area (Å²) in [5.74, 6) is 0.340. The van der Waals surface area contributed by atoms with Crippen LogP contribution in [-0.4, -0.2) is 44.9 Å². The molecule has 2 aromatic rings. The van der Waals surface area contributed by atoms with Gasteiger partial charge in [-0.1, -0.05) is 6.42 Å². The van der Waals surface area contributed by atoms with Crippen LogP contribution >= 0.6 is 0 Å². The Hall–Kier alpha value is -2.16. The second-order valence-corrected chi connectivity index (χ2v) is 9.19. The van der Waals surface area contributed by atoms with Crippen LogP contribution in [-0.2, 0) is 16.6 Å². The van der Waals surface area contributed by atoms with Crippen molar-refractivity contribution >= 4 is 15.9 Å². The highest BCUT2D eigenvalue weighted by molar-refractivity contribution is 7.89. The van der Waals surface area contributed by atoms with Gasteiger partial charge in [-0.2, -0.15) is 0 Å². The third-order valence-electron chi connectivity index (χ3n) is 5.29. The first-order valence-electron chi connectivity index (χ1n) is 10.1. The highest BCUT2D eigenvalue weighted by atomic mass is 32.2. The average Bonchev–Trinajstić information content (AvgIpc) is 3.25. The second kappa shape index (κ2) is 10.0. The van der Waals surface area contributed by atoms with Crippen LogP contribution in [0, 0.1) is 0 Å². The maximum Gasteiger partial charge on any atom is 0.251 e. The smallest absolute Gasteiger partial charge is 0.251 e. The molecule has 1 fully saturated rings. The molecule has 0 unspecified atom stereocenters. The number of piperidine rings is 1. The molecule has 2 heterocycles. The van der Waals surface area contributed by atoms with Gasteiger partial charge in [-0.3, -0.25) is 4.79 Å². The minimum atomic E-state index is -3.66. The largest absolute Gasteiger partial charge is 0.468 e. The summed E-state index contributed by atoms with van der Waals surface area (Å²) in [4.78, 5) is 14.9. The van der Waals surface area contributed by atoms with Gasteiger partial charge in [0.15, 0.2) is 0 Å². The third kappa shape index (κ3) is 6.16. The average molecular weight is 420 g/mol. The monoisotopic (exact) mass is 419 g/mol. The molecule has 0 saturated carbocycles. The molecule has 1 atom stereocenters. The molecular weight excluding hydrogens is 390 g/mol. The summed E-state index contributed by atoms with van der Waals surface area (Å²) in [5, 5.41) is 2.91. The lowest BCUT2D eigenvalue weighted by Gasteiger charge is -2.33. The lowest BCUT2D eigenvalue weighted by molar-refractivity contribution is 0.0948. The molecule has 0 bridgehead atoms. The zero-order valence-corrected chi connectivity index (χ0v) is 17.6. The first-order chi connectivity index (χ1) is 14.0. The summed E-state index contributed by atoms with van der Waals surface area (Å²) in [7, 11) is -3.66. The van der Waals surface area contributed by atoms with Gasteiger partial charge in [0.05, 0.1) is 17.7 Å². The molecule has 0 aliphatic carbocycles. The van der Waals surface area contributed by atoms with Crippen LogP contribution in [0.25, 0.3) is 0 Å². The van der Waals surface area contributed by atoms with Crippen molar-refractivity contribution in [2.75, 3.05) is 19.6 Å². The topological polar surface area (TPSA) is 91.7 Å². The van der Waals surface area contributed by atoms with E-state index >= 15 is 0 Å². The van der Waals surface area contributed by atoms with E-state index in [1.165, 1.54) is 49.8 Å². The fraction of sp³-hybridized carbons (Fsp3) is 0.476. The molecule has 1 aromatic carbocycles. The normalized spacial score (nSPS) is 17.9. The van der Waals surface area contributed by atoms with E-state index in [0.717, 1.165) is 19.5 Å². The molecular formula is C21H29N3O4S. The SMILES string of the molecule is C[C@@H]1CCCCN1CCCNC(=O)c1ccc(S(=O)(=O)NCc2ccco2)cc1. The zero-order chi connectivity index (χ0) is 20.7. The van der Waals surface area contributed by atoms with Gasteiger partial charge in [0, 0.05) is 24.7 Å². The standard InChI is InChI=1S/C21H29N3O4S/c1-17-6-2-3-13-24(17)14-5-12-22-21(25)18-8-10-20(11-9-18)29(26,27)23-16-19-7-4-15-28-19/h4,7-11,15,17,23H,2-3,5-6,12-14,16H2,1H3,(H,22,25)/t17-/m1/s1. The molecule has 2 N–H and O–H groups in total. The van der Waals surface area contributed by atoms with Crippen LogP contribution < -0.4 is 10.0 Å². The number of nitrogens with one attached hydrogen (secondary N) is 2. The van der Waals surface area contributed by atoms with E-state index in [-0.39, 0.29) is 17.3 Å². The molecule has 8 heteroatoms. The van der Waals surface area contributed by atoms with E-state index in [1.807, 2.05) is 0 Å².